The molecule has 6 nitrogen and oxygen atoms in total. The van der Waals surface area contributed by atoms with Crippen molar-refractivity contribution in [2.75, 3.05) is 31.5 Å². The highest BCUT2D eigenvalue weighted by atomic mass is 16.3. The Morgan fingerprint density at radius 1 is 0.714 bits per heavy atom. The van der Waals surface area contributed by atoms with Gasteiger partial charge in [0.2, 0.25) is 0 Å². The first-order chi connectivity index (χ1) is 17.2. The number of piperazine rings is 1. The van der Waals surface area contributed by atoms with Crippen LogP contribution in [0.25, 0.3) is 0 Å². The number of nitrogens with zero attached hydrogens (tertiary/aromatic N) is 2. The Kier molecular flexibility index (Phi) is 6.73. The van der Waals surface area contributed by atoms with Crippen molar-refractivity contribution in [3.63, 3.8) is 0 Å². The summed E-state index contributed by atoms with van der Waals surface area (Å²) in [7, 11) is 0. The summed E-state index contributed by atoms with van der Waals surface area (Å²) in [5.74, 6) is -0.0755. The van der Waals surface area contributed by atoms with E-state index in [0.717, 1.165) is 13.1 Å². The molecule has 0 bridgehead atoms. The molecule has 0 spiro atoms. The summed E-state index contributed by atoms with van der Waals surface area (Å²) in [5, 5.41) is 2.78. The first-order valence-corrected chi connectivity index (χ1v) is 11.8. The van der Waals surface area contributed by atoms with Gasteiger partial charge >= 0.3 is 0 Å². The number of amides is 2. The molecule has 2 amide bonds. The van der Waals surface area contributed by atoms with Gasteiger partial charge in [-0.15, -0.1) is 0 Å². The van der Waals surface area contributed by atoms with Crippen molar-refractivity contribution >= 4 is 17.5 Å². The van der Waals surface area contributed by atoms with E-state index in [1.807, 2.05) is 17.0 Å². The van der Waals surface area contributed by atoms with Crippen LogP contribution in [0, 0.1) is 0 Å². The van der Waals surface area contributed by atoms with Gasteiger partial charge in [-0.3, -0.25) is 14.5 Å². The van der Waals surface area contributed by atoms with Gasteiger partial charge in [0.1, 0.15) is 0 Å². The van der Waals surface area contributed by atoms with Crippen molar-refractivity contribution in [2.45, 2.75) is 6.04 Å². The third kappa shape index (κ3) is 5.18. The molecule has 1 N–H and O–H groups in total. The smallest absolute Gasteiger partial charge is 0.291 e. The van der Waals surface area contributed by atoms with E-state index in [0.29, 0.717) is 24.3 Å². The number of anilines is 1. The molecule has 6 heteroatoms. The normalized spacial score (nSPS) is 14.1. The van der Waals surface area contributed by atoms with E-state index in [1.54, 1.807) is 36.4 Å². The molecule has 1 aromatic heterocycles. The molecule has 0 atom stereocenters. The Bertz CT molecular complexity index is 1210. The minimum Gasteiger partial charge on any atom is -0.459 e. The molecule has 5 rings (SSSR count). The number of nitrogens with one attached hydrogen (secondary N) is 1. The molecule has 3 aromatic carbocycles. The van der Waals surface area contributed by atoms with Crippen LogP contribution in [0.5, 0.6) is 0 Å². The molecule has 1 aliphatic heterocycles. The fourth-order valence-corrected chi connectivity index (χ4v) is 4.55. The number of hydrogen-bond donors (Lipinski definition) is 1. The van der Waals surface area contributed by atoms with E-state index in [-0.39, 0.29) is 23.6 Å². The zero-order chi connectivity index (χ0) is 24.0. The second-order valence-corrected chi connectivity index (χ2v) is 8.56. The zero-order valence-corrected chi connectivity index (χ0v) is 19.3. The highest BCUT2D eigenvalue weighted by molar-refractivity contribution is 6.02. The predicted molar refractivity (Wildman–Crippen MR) is 135 cm³/mol. The molecular weight excluding hydrogens is 438 g/mol. The molecule has 0 radical (unpaired) electrons. The Hall–Kier alpha value is -4.16. The van der Waals surface area contributed by atoms with E-state index in [2.05, 4.69) is 58.7 Å². The standard InChI is InChI=1S/C29H27N3O3/c33-28(26-12-7-21-35-26)30-25-15-13-24(14-16-25)29(34)32-19-17-31(18-20-32)27(22-8-3-1-4-9-22)23-10-5-2-6-11-23/h1-16,21,27H,17-20H2,(H,30,33). The van der Waals surface area contributed by atoms with Crippen LogP contribution in [0.1, 0.15) is 38.1 Å². The van der Waals surface area contributed by atoms with Crippen molar-refractivity contribution in [1.29, 1.82) is 0 Å². The van der Waals surface area contributed by atoms with Gasteiger partial charge in [-0.25, -0.2) is 0 Å². The summed E-state index contributed by atoms with van der Waals surface area (Å²) in [5.41, 5.74) is 3.73. The summed E-state index contributed by atoms with van der Waals surface area (Å²) in [6.07, 6.45) is 1.46. The molecule has 2 heterocycles. The highest BCUT2D eigenvalue weighted by Gasteiger charge is 2.28. The summed E-state index contributed by atoms with van der Waals surface area (Å²) in [4.78, 5) is 29.6. The fraction of sp³-hybridized carbons (Fsp3) is 0.172. The van der Waals surface area contributed by atoms with Crippen molar-refractivity contribution < 1.29 is 14.0 Å². The van der Waals surface area contributed by atoms with Crippen molar-refractivity contribution in [2.24, 2.45) is 0 Å². The third-order valence-corrected chi connectivity index (χ3v) is 6.33. The predicted octanol–water partition coefficient (Wildman–Crippen LogP) is 5.08. The maximum Gasteiger partial charge on any atom is 0.291 e. The summed E-state index contributed by atoms with van der Waals surface area (Å²) in [6.45, 7) is 2.90. The summed E-state index contributed by atoms with van der Waals surface area (Å²) < 4.78 is 5.11. The first kappa shape index (κ1) is 22.6. The number of carbonyl (C=O) groups is 2. The largest absolute Gasteiger partial charge is 0.459 e. The number of furan rings is 1. The van der Waals surface area contributed by atoms with E-state index in [9.17, 15) is 9.59 Å². The number of carbonyl (C=O) groups excluding carboxylic acids is 2. The Labute approximate surface area is 204 Å². The van der Waals surface area contributed by atoms with Crippen LogP contribution >= 0.6 is 0 Å². The molecule has 0 saturated carbocycles. The lowest BCUT2D eigenvalue weighted by molar-refractivity contribution is 0.0597. The molecule has 0 unspecified atom stereocenters. The van der Waals surface area contributed by atoms with Crippen molar-refractivity contribution in [3.05, 3.63) is 126 Å². The second-order valence-electron chi connectivity index (χ2n) is 8.56. The number of benzene rings is 3. The lowest BCUT2D eigenvalue weighted by atomic mass is 9.96. The third-order valence-electron chi connectivity index (χ3n) is 6.33. The number of rotatable bonds is 6. The maximum absolute atomic E-state index is 13.1. The monoisotopic (exact) mass is 465 g/mol. The number of hydrogen-bond acceptors (Lipinski definition) is 4. The van der Waals surface area contributed by atoms with Gasteiger partial charge in [0, 0.05) is 37.4 Å². The fourth-order valence-electron chi connectivity index (χ4n) is 4.55. The molecular formula is C29H27N3O3. The van der Waals surface area contributed by atoms with Crippen molar-refractivity contribution in [3.8, 4) is 0 Å². The first-order valence-electron chi connectivity index (χ1n) is 11.8. The summed E-state index contributed by atoms with van der Waals surface area (Å²) in [6, 6.07) is 31.5. The maximum atomic E-state index is 13.1. The topological polar surface area (TPSA) is 65.8 Å². The van der Waals surface area contributed by atoms with Crippen LogP contribution in [0.4, 0.5) is 5.69 Å². The quantitative estimate of drug-likeness (QED) is 0.431. The van der Waals surface area contributed by atoms with Gasteiger partial charge in [-0.2, -0.15) is 0 Å². The van der Waals surface area contributed by atoms with E-state index >= 15 is 0 Å². The molecule has 1 saturated heterocycles. The zero-order valence-electron chi connectivity index (χ0n) is 19.3. The molecule has 1 fully saturated rings. The van der Waals surface area contributed by atoms with Crippen LogP contribution in [0.2, 0.25) is 0 Å². The molecule has 1 aliphatic rings. The van der Waals surface area contributed by atoms with E-state index in [4.69, 9.17) is 4.42 Å². The average molecular weight is 466 g/mol. The average Bonchev–Trinajstić information content (AvgIpc) is 3.46. The Morgan fingerprint density at radius 3 is 1.86 bits per heavy atom. The summed E-state index contributed by atoms with van der Waals surface area (Å²) >= 11 is 0. The van der Waals surface area contributed by atoms with Gasteiger partial charge in [-0.05, 0) is 47.5 Å². The van der Waals surface area contributed by atoms with Crippen LogP contribution < -0.4 is 5.32 Å². The minimum atomic E-state index is -0.323. The lowest BCUT2D eigenvalue weighted by Crippen LogP contribution is -2.49. The SMILES string of the molecule is O=C(Nc1ccc(C(=O)N2CCN(C(c3ccccc3)c3ccccc3)CC2)cc1)c1ccco1. The van der Waals surface area contributed by atoms with Crippen LogP contribution in [-0.4, -0.2) is 47.8 Å². The van der Waals surface area contributed by atoms with E-state index < -0.39 is 0 Å². The van der Waals surface area contributed by atoms with Gasteiger partial charge < -0.3 is 14.6 Å². The van der Waals surface area contributed by atoms with Gasteiger partial charge in [0.25, 0.3) is 11.8 Å². The molecule has 35 heavy (non-hydrogen) atoms. The molecule has 0 aliphatic carbocycles. The van der Waals surface area contributed by atoms with E-state index in [1.165, 1.54) is 17.4 Å². The Balaban J connectivity index is 1.23. The van der Waals surface area contributed by atoms with Gasteiger partial charge in [0.05, 0.1) is 12.3 Å². The second kappa shape index (κ2) is 10.4. The van der Waals surface area contributed by atoms with Gasteiger partial charge in [0.15, 0.2) is 5.76 Å². The minimum absolute atomic E-state index is 0.00420. The van der Waals surface area contributed by atoms with Crippen LogP contribution in [0.3, 0.4) is 0 Å². The van der Waals surface area contributed by atoms with Gasteiger partial charge in [-0.1, -0.05) is 60.7 Å². The van der Waals surface area contributed by atoms with Crippen molar-refractivity contribution in [1.82, 2.24) is 9.80 Å². The lowest BCUT2D eigenvalue weighted by Gasteiger charge is -2.39. The Morgan fingerprint density at radius 2 is 1.31 bits per heavy atom. The molecule has 4 aromatic rings. The van der Waals surface area contributed by atoms with Crippen LogP contribution in [-0.2, 0) is 0 Å². The van der Waals surface area contributed by atoms with Crippen LogP contribution in [0.15, 0.2) is 108 Å². The molecule has 176 valence electrons. The highest BCUT2D eigenvalue weighted by Crippen LogP contribution is 2.29.